The molecule has 0 spiro atoms. The van der Waals surface area contributed by atoms with Crippen molar-refractivity contribution in [1.82, 2.24) is 15.0 Å². The molecule has 2 rings (SSSR count). The van der Waals surface area contributed by atoms with Crippen LogP contribution in [-0.2, 0) is 11.3 Å². The van der Waals surface area contributed by atoms with Gasteiger partial charge in [0, 0.05) is 30.6 Å². The van der Waals surface area contributed by atoms with Crippen molar-refractivity contribution in [2.45, 2.75) is 27.4 Å². The molecular formula is C15H19BrN4O. The van der Waals surface area contributed by atoms with Gasteiger partial charge in [-0.25, -0.2) is 9.97 Å². The molecule has 0 saturated heterocycles. The van der Waals surface area contributed by atoms with Gasteiger partial charge in [0.1, 0.15) is 5.82 Å². The number of nitrogens with one attached hydrogen (secondary N) is 1. The molecule has 2 heterocycles. The predicted molar refractivity (Wildman–Crippen MR) is 87.3 cm³/mol. The van der Waals surface area contributed by atoms with E-state index in [0.29, 0.717) is 12.4 Å². The molecule has 0 atom stereocenters. The van der Waals surface area contributed by atoms with E-state index >= 15 is 0 Å². The SMILES string of the molecule is CCNc1nc(-c2cc(C)nc(C)c2)nc(COC)c1Br. The molecule has 0 saturated carbocycles. The highest BCUT2D eigenvalue weighted by atomic mass is 79.9. The van der Waals surface area contributed by atoms with Crippen LogP contribution in [0.2, 0.25) is 0 Å². The Labute approximate surface area is 133 Å². The largest absolute Gasteiger partial charge is 0.378 e. The summed E-state index contributed by atoms with van der Waals surface area (Å²) >= 11 is 3.54. The van der Waals surface area contributed by atoms with Gasteiger partial charge in [-0.2, -0.15) is 0 Å². The highest BCUT2D eigenvalue weighted by molar-refractivity contribution is 9.10. The minimum Gasteiger partial charge on any atom is -0.378 e. The van der Waals surface area contributed by atoms with E-state index in [4.69, 9.17) is 4.74 Å². The van der Waals surface area contributed by atoms with Gasteiger partial charge < -0.3 is 10.1 Å². The van der Waals surface area contributed by atoms with Crippen molar-refractivity contribution in [2.75, 3.05) is 19.0 Å². The van der Waals surface area contributed by atoms with E-state index in [1.807, 2.05) is 32.9 Å². The number of methoxy groups -OCH3 is 1. The number of rotatable bonds is 5. The Kier molecular flexibility index (Phi) is 5.25. The van der Waals surface area contributed by atoms with Crippen LogP contribution in [0.5, 0.6) is 0 Å². The summed E-state index contributed by atoms with van der Waals surface area (Å²) in [5.41, 5.74) is 3.69. The minimum absolute atomic E-state index is 0.428. The molecule has 6 heteroatoms. The smallest absolute Gasteiger partial charge is 0.162 e. The number of aromatic nitrogens is 3. The highest BCUT2D eigenvalue weighted by Crippen LogP contribution is 2.28. The van der Waals surface area contributed by atoms with E-state index in [2.05, 4.69) is 36.2 Å². The summed E-state index contributed by atoms with van der Waals surface area (Å²) in [4.78, 5) is 13.6. The third-order valence-electron chi connectivity index (χ3n) is 2.88. The molecule has 0 aliphatic heterocycles. The van der Waals surface area contributed by atoms with Crippen molar-refractivity contribution in [3.05, 3.63) is 33.7 Å². The van der Waals surface area contributed by atoms with E-state index in [9.17, 15) is 0 Å². The molecule has 0 radical (unpaired) electrons. The predicted octanol–water partition coefficient (Wildman–Crippen LogP) is 3.50. The van der Waals surface area contributed by atoms with Gasteiger partial charge >= 0.3 is 0 Å². The Morgan fingerprint density at radius 1 is 1.14 bits per heavy atom. The van der Waals surface area contributed by atoms with Crippen molar-refractivity contribution < 1.29 is 4.74 Å². The van der Waals surface area contributed by atoms with E-state index in [-0.39, 0.29) is 0 Å². The standard InChI is InChI=1S/C15H19BrN4O/c1-5-17-15-13(16)12(8-21-4)19-14(20-15)11-6-9(2)18-10(3)7-11/h6-7H,5,8H2,1-4H3,(H,17,19,20). The molecule has 2 aromatic heterocycles. The average molecular weight is 351 g/mol. The lowest BCUT2D eigenvalue weighted by Crippen LogP contribution is -2.07. The Hall–Kier alpha value is -1.53. The van der Waals surface area contributed by atoms with Crippen molar-refractivity contribution >= 4 is 21.7 Å². The summed E-state index contributed by atoms with van der Waals surface area (Å²) in [6.45, 7) is 7.19. The number of ether oxygens (including phenoxy) is 1. The van der Waals surface area contributed by atoms with Crippen LogP contribution in [0.25, 0.3) is 11.4 Å². The fourth-order valence-electron chi connectivity index (χ4n) is 2.10. The number of hydrogen-bond acceptors (Lipinski definition) is 5. The Morgan fingerprint density at radius 3 is 2.38 bits per heavy atom. The van der Waals surface area contributed by atoms with Gasteiger partial charge in [-0.1, -0.05) is 0 Å². The second-order valence-corrected chi connectivity index (χ2v) is 5.55. The van der Waals surface area contributed by atoms with Crippen molar-refractivity contribution in [1.29, 1.82) is 0 Å². The van der Waals surface area contributed by atoms with Crippen LogP contribution < -0.4 is 5.32 Å². The maximum absolute atomic E-state index is 5.22. The first-order valence-corrected chi connectivity index (χ1v) is 7.59. The summed E-state index contributed by atoms with van der Waals surface area (Å²) in [5.74, 6) is 1.46. The van der Waals surface area contributed by atoms with Gasteiger partial charge in [-0.15, -0.1) is 0 Å². The van der Waals surface area contributed by atoms with Crippen molar-refractivity contribution in [3.63, 3.8) is 0 Å². The summed E-state index contributed by atoms with van der Waals surface area (Å²) in [6.07, 6.45) is 0. The van der Waals surface area contributed by atoms with Gasteiger partial charge in [-0.3, -0.25) is 4.98 Å². The van der Waals surface area contributed by atoms with Gasteiger partial charge in [0.15, 0.2) is 5.82 Å². The summed E-state index contributed by atoms with van der Waals surface area (Å²) in [6, 6.07) is 3.98. The van der Waals surface area contributed by atoms with Crippen LogP contribution in [0, 0.1) is 13.8 Å². The van der Waals surface area contributed by atoms with Gasteiger partial charge in [0.2, 0.25) is 0 Å². The summed E-state index contributed by atoms with van der Waals surface area (Å²) in [5, 5.41) is 3.24. The van der Waals surface area contributed by atoms with Crippen molar-refractivity contribution in [2.24, 2.45) is 0 Å². The molecule has 0 aromatic carbocycles. The maximum Gasteiger partial charge on any atom is 0.162 e. The van der Waals surface area contributed by atoms with Gasteiger partial charge in [0.25, 0.3) is 0 Å². The number of nitrogens with zero attached hydrogens (tertiary/aromatic N) is 3. The Balaban J connectivity index is 2.56. The van der Waals surface area contributed by atoms with E-state index < -0.39 is 0 Å². The molecular weight excluding hydrogens is 332 g/mol. The van der Waals surface area contributed by atoms with Crippen LogP contribution in [0.3, 0.4) is 0 Å². The first-order chi connectivity index (χ1) is 10.0. The lowest BCUT2D eigenvalue weighted by molar-refractivity contribution is 0.181. The fourth-order valence-corrected chi connectivity index (χ4v) is 2.54. The van der Waals surface area contributed by atoms with E-state index in [1.54, 1.807) is 7.11 Å². The second-order valence-electron chi connectivity index (χ2n) is 4.76. The topological polar surface area (TPSA) is 59.9 Å². The molecule has 1 N–H and O–H groups in total. The highest BCUT2D eigenvalue weighted by Gasteiger charge is 2.13. The Morgan fingerprint density at radius 2 is 1.81 bits per heavy atom. The molecule has 0 fully saturated rings. The van der Waals surface area contributed by atoms with Crippen LogP contribution >= 0.6 is 15.9 Å². The first-order valence-electron chi connectivity index (χ1n) is 6.80. The molecule has 0 aliphatic rings. The number of halogens is 1. The lowest BCUT2D eigenvalue weighted by atomic mass is 10.2. The Bertz CT molecular complexity index is 598. The number of hydrogen-bond donors (Lipinski definition) is 1. The fraction of sp³-hybridized carbons (Fsp3) is 0.400. The van der Waals surface area contributed by atoms with Crippen LogP contribution in [-0.4, -0.2) is 28.6 Å². The molecule has 21 heavy (non-hydrogen) atoms. The van der Waals surface area contributed by atoms with Gasteiger partial charge in [-0.05, 0) is 48.8 Å². The van der Waals surface area contributed by atoms with Crippen LogP contribution in [0.4, 0.5) is 5.82 Å². The molecule has 5 nitrogen and oxygen atoms in total. The molecule has 2 aromatic rings. The third kappa shape index (κ3) is 3.77. The minimum atomic E-state index is 0.428. The van der Waals surface area contributed by atoms with Crippen molar-refractivity contribution in [3.8, 4) is 11.4 Å². The zero-order chi connectivity index (χ0) is 15.4. The molecule has 0 amide bonds. The zero-order valence-electron chi connectivity index (χ0n) is 12.7. The maximum atomic E-state index is 5.22. The molecule has 0 aliphatic carbocycles. The normalized spacial score (nSPS) is 10.7. The monoisotopic (exact) mass is 350 g/mol. The quantitative estimate of drug-likeness (QED) is 0.894. The molecule has 112 valence electrons. The van der Waals surface area contributed by atoms with Gasteiger partial charge in [0.05, 0.1) is 16.8 Å². The molecule has 0 bridgehead atoms. The first kappa shape index (κ1) is 15.9. The summed E-state index contributed by atoms with van der Waals surface area (Å²) < 4.78 is 6.06. The zero-order valence-corrected chi connectivity index (χ0v) is 14.3. The third-order valence-corrected chi connectivity index (χ3v) is 3.72. The lowest BCUT2D eigenvalue weighted by Gasteiger charge is -2.12. The molecule has 0 unspecified atom stereocenters. The summed E-state index contributed by atoms with van der Waals surface area (Å²) in [7, 11) is 1.65. The number of anilines is 1. The van der Waals surface area contributed by atoms with E-state index in [0.717, 1.165) is 39.5 Å². The number of pyridine rings is 1. The van der Waals surface area contributed by atoms with Crippen LogP contribution in [0.1, 0.15) is 24.0 Å². The van der Waals surface area contributed by atoms with E-state index in [1.165, 1.54) is 0 Å². The average Bonchev–Trinajstić information content (AvgIpc) is 2.42. The van der Waals surface area contributed by atoms with Crippen LogP contribution in [0.15, 0.2) is 16.6 Å². The number of aryl methyl sites for hydroxylation is 2. The second kappa shape index (κ2) is 6.95.